The van der Waals surface area contributed by atoms with Crippen molar-refractivity contribution in [2.75, 3.05) is 19.0 Å². The summed E-state index contributed by atoms with van der Waals surface area (Å²) in [6.07, 6.45) is 4.89. The van der Waals surface area contributed by atoms with Crippen molar-refractivity contribution in [3.63, 3.8) is 0 Å². The molecule has 0 saturated heterocycles. The minimum Gasteiger partial charge on any atom is -0.348 e. The van der Waals surface area contributed by atoms with E-state index in [-0.39, 0.29) is 23.4 Å². The van der Waals surface area contributed by atoms with Gasteiger partial charge in [-0.05, 0) is 12.8 Å². The third-order valence-electron chi connectivity index (χ3n) is 4.09. The van der Waals surface area contributed by atoms with Gasteiger partial charge >= 0.3 is 0 Å². The molecule has 1 aliphatic rings. The van der Waals surface area contributed by atoms with Crippen molar-refractivity contribution in [1.82, 2.24) is 24.8 Å². The number of imidazole rings is 1. The maximum atomic E-state index is 12.1. The Morgan fingerprint density at radius 2 is 2.17 bits per heavy atom. The van der Waals surface area contributed by atoms with Crippen molar-refractivity contribution < 1.29 is 4.79 Å². The lowest BCUT2D eigenvalue weighted by molar-refractivity contribution is 0.0894. The number of aryl methyl sites for hydroxylation is 1. The molecule has 2 heterocycles. The molecule has 3 rings (SSSR count). The number of carbonyl (C=O) groups excluding carboxylic acids is 1. The van der Waals surface area contributed by atoms with Gasteiger partial charge in [0.1, 0.15) is 0 Å². The summed E-state index contributed by atoms with van der Waals surface area (Å²) in [4.78, 5) is 36.8. The molecule has 1 saturated carbocycles. The van der Waals surface area contributed by atoms with E-state index in [2.05, 4.69) is 20.3 Å². The number of nitrogens with one attached hydrogen (secondary N) is 2. The molecule has 0 atom stereocenters. The van der Waals surface area contributed by atoms with Crippen molar-refractivity contribution in [2.45, 2.75) is 24.8 Å². The van der Waals surface area contributed by atoms with Gasteiger partial charge in [-0.3, -0.25) is 14.6 Å². The summed E-state index contributed by atoms with van der Waals surface area (Å²) in [5.41, 5.74) is 0.624. The van der Waals surface area contributed by atoms with Crippen molar-refractivity contribution in [3.05, 3.63) is 40.3 Å². The maximum Gasteiger partial charge on any atom is 0.287 e. The number of H-pyrrole nitrogens is 1. The average Bonchev–Trinajstić information content (AvgIpc) is 2.87. The second-order valence-electron chi connectivity index (χ2n) is 6.09. The zero-order valence-electron chi connectivity index (χ0n) is 13.4. The van der Waals surface area contributed by atoms with Crippen LogP contribution in [0.25, 0.3) is 0 Å². The Labute approximate surface area is 133 Å². The molecule has 2 aromatic rings. The van der Waals surface area contributed by atoms with E-state index < -0.39 is 0 Å². The van der Waals surface area contributed by atoms with Crippen molar-refractivity contribution >= 4 is 11.9 Å². The number of aromatic amines is 1. The fourth-order valence-corrected chi connectivity index (χ4v) is 2.70. The molecule has 0 radical (unpaired) electrons. The topological polar surface area (TPSA) is 95.9 Å². The third-order valence-corrected chi connectivity index (χ3v) is 4.09. The van der Waals surface area contributed by atoms with E-state index >= 15 is 0 Å². The van der Waals surface area contributed by atoms with E-state index in [1.54, 1.807) is 28.9 Å². The van der Waals surface area contributed by atoms with E-state index in [1.165, 1.54) is 6.07 Å². The van der Waals surface area contributed by atoms with Crippen LogP contribution in [-0.4, -0.2) is 45.6 Å². The largest absolute Gasteiger partial charge is 0.348 e. The van der Waals surface area contributed by atoms with Crippen LogP contribution in [0, 0.1) is 0 Å². The van der Waals surface area contributed by atoms with Gasteiger partial charge in [-0.1, -0.05) is 0 Å². The number of aromatic nitrogens is 4. The molecule has 0 aromatic carbocycles. The third kappa shape index (κ3) is 3.10. The van der Waals surface area contributed by atoms with Gasteiger partial charge in [0, 0.05) is 51.6 Å². The molecule has 0 spiro atoms. The standard InChI is InChI=1S/C15H20N6O2/c1-20(2)15-18-11(8-12(22)19-15)9-6-10(7-9)17-14(23)13-16-4-5-21(13)3/h4-5,8-10H,6-7H2,1-3H3,(H,17,23)(H,18,19,22). The van der Waals surface area contributed by atoms with E-state index in [9.17, 15) is 9.59 Å². The molecule has 2 aromatic heterocycles. The molecule has 0 aliphatic heterocycles. The monoisotopic (exact) mass is 316 g/mol. The van der Waals surface area contributed by atoms with E-state index in [0.29, 0.717) is 11.8 Å². The quantitative estimate of drug-likeness (QED) is 0.843. The first kappa shape index (κ1) is 15.3. The van der Waals surface area contributed by atoms with Gasteiger partial charge in [0.05, 0.1) is 5.69 Å². The molecule has 1 amide bonds. The SMILES string of the molecule is CN(C)c1nc(C2CC(NC(=O)c3nccn3C)C2)cc(=O)[nH]1. The van der Waals surface area contributed by atoms with E-state index in [1.807, 2.05) is 14.1 Å². The second-order valence-corrected chi connectivity index (χ2v) is 6.09. The summed E-state index contributed by atoms with van der Waals surface area (Å²) < 4.78 is 1.69. The Kier molecular flexibility index (Phi) is 3.89. The Balaban J connectivity index is 1.62. The van der Waals surface area contributed by atoms with E-state index in [0.717, 1.165) is 18.5 Å². The highest BCUT2D eigenvalue weighted by Gasteiger charge is 2.33. The van der Waals surface area contributed by atoms with Crippen LogP contribution in [0.15, 0.2) is 23.3 Å². The summed E-state index contributed by atoms with van der Waals surface area (Å²) >= 11 is 0. The van der Waals surface area contributed by atoms with Crippen molar-refractivity contribution in [2.24, 2.45) is 7.05 Å². The molecular formula is C15H20N6O2. The van der Waals surface area contributed by atoms with Gasteiger partial charge in [0.25, 0.3) is 11.5 Å². The summed E-state index contributed by atoms with van der Waals surface area (Å²) in [5.74, 6) is 0.974. The lowest BCUT2D eigenvalue weighted by Gasteiger charge is -2.35. The first-order valence-electron chi connectivity index (χ1n) is 7.51. The Bertz CT molecular complexity index is 772. The van der Waals surface area contributed by atoms with Crippen LogP contribution in [0.5, 0.6) is 0 Å². The molecule has 1 aliphatic carbocycles. The first-order chi connectivity index (χ1) is 10.9. The fourth-order valence-electron chi connectivity index (χ4n) is 2.70. The summed E-state index contributed by atoms with van der Waals surface area (Å²) in [7, 11) is 5.45. The highest BCUT2D eigenvalue weighted by molar-refractivity contribution is 5.91. The first-order valence-corrected chi connectivity index (χ1v) is 7.51. The Morgan fingerprint density at radius 1 is 1.43 bits per heavy atom. The highest BCUT2D eigenvalue weighted by atomic mass is 16.2. The molecule has 0 unspecified atom stereocenters. The average molecular weight is 316 g/mol. The number of anilines is 1. The Hall–Kier alpha value is -2.64. The molecule has 8 nitrogen and oxygen atoms in total. The predicted octanol–water partition coefficient (Wildman–Crippen LogP) is 0.245. The van der Waals surface area contributed by atoms with Gasteiger partial charge < -0.3 is 14.8 Å². The zero-order valence-corrected chi connectivity index (χ0v) is 13.4. The molecule has 8 heteroatoms. The minimum absolute atomic E-state index is 0.0908. The van der Waals surface area contributed by atoms with Gasteiger partial charge in [-0.15, -0.1) is 0 Å². The zero-order chi connectivity index (χ0) is 16.6. The van der Waals surface area contributed by atoms with Gasteiger partial charge in [0.15, 0.2) is 5.82 Å². The predicted molar refractivity (Wildman–Crippen MR) is 85.6 cm³/mol. The molecule has 0 bridgehead atoms. The van der Waals surface area contributed by atoms with Crippen LogP contribution >= 0.6 is 0 Å². The number of hydrogen-bond acceptors (Lipinski definition) is 5. The number of carbonyl (C=O) groups is 1. The highest BCUT2D eigenvalue weighted by Crippen LogP contribution is 2.35. The normalized spacial score (nSPS) is 20.0. The Morgan fingerprint density at radius 3 is 2.78 bits per heavy atom. The minimum atomic E-state index is -0.172. The lowest BCUT2D eigenvalue weighted by atomic mass is 9.78. The van der Waals surface area contributed by atoms with E-state index in [4.69, 9.17) is 0 Å². The second kappa shape index (κ2) is 5.86. The number of nitrogens with zero attached hydrogens (tertiary/aromatic N) is 4. The van der Waals surface area contributed by atoms with Crippen molar-refractivity contribution in [1.29, 1.82) is 0 Å². The van der Waals surface area contributed by atoms with Gasteiger partial charge in [-0.25, -0.2) is 9.97 Å². The van der Waals surface area contributed by atoms with Crippen LogP contribution in [0.2, 0.25) is 0 Å². The summed E-state index contributed by atoms with van der Waals surface area (Å²) in [6, 6.07) is 1.63. The van der Waals surface area contributed by atoms with Crippen molar-refractivity contribution in [3.8, 4) is 0 Å². The molecule has 23 heavy (non-hydrogen) atoms. The number of rotatable bonds is 4. The van der Waals surface area contributed by atoms with Gasteiger partial charge in [0.2, 0.25) is 5.95 Å². The van der Waals surface area contributed by atoms with Crippen LogP contribution in [-0.2, 0) is 7.05 Å². The molecule has 1 fully saturated rings. The smallest absolute Gasteiger partial charge is 0.287 e. The van der Waals surface area contributed by atoms with Crippen LogP contribution in [0.3, 0.4) is 0 Å². The fraction of sp³-hybridized carbons (Fsp3) is 0.467. The maximum absolute atomic E-state index is 12.1. The number of amides is 1. The van der Waals surface area contributed by atoms with Crippen LogP contribution in [0.4, 0.5) is 5.95 Å². The van der Waals surface area contributed by atoms with Crippen LogP contribution < -0.4 is 15.8 Å². The summed E-state index contributed by atoms with van der Waals surface area (Å²) in [6.45, 7) is 0. The van der Waals surface area contributed by atoms with Gasteiger partial charge in [-0.2, -0.15) is 0 Å². The molecular weight excluding hydrogens is 296 g/mol. The lowest BCUT2D eigenvalue weighted by Crippen LogP contribution is -2.44. The van der Waals surface area contributed by atoms with Crippen LogP contribution in [0.1, 0.15) is 35.1 Å². The molecule has 122 valence electrons. The summed E-state index contributed by atoms with van der Waals surface area (Å²) in [5, 5.41) is 2.96. The number of hydrogen-bond donors (Lipinski definition) is 2. The molecule has 2 N–H and O–H groups in total.